The van der Waals surface area contributed by atoms with E-state index in [-0.39, 0.29) is 13.8 Å². The molecule has 0 spiro atoms. The Morgan fingerprint density at radius 1 is 1.00 bits per heavy atom. The van der Waals surface area contributed by atoms with E-state index in [9.17, 15) is 22.4 Å². The number of hydrogen-bond donors (Lipinski definition) is 0. The normalized spacial score (nSPS) is 13.4. The molecular formula is C5H6F4O. The van der Waals surface area contributed by atoms with Gasteiger partial charge in [0.05, 0.1) is 0 Å². The lowest BCUT2D eigenvalue weighted by molar-refractivity contribution is -0.164. The van der Waals surface area contributed by atoms with E-state index in [1.165, 1.54) is 0 Å². The van der Waals surface area contributed by atoms with Crippen molar-refractivity contribution in [1.82, 2.24) is 0 Å². The predicted molar refractivity (Wildman–Crippen MR) is 26.2 cm³/mol. The molecule has 0 rings (SSSR count). The standard InChI is InChI=1S/C5H6F4O/c1-4(6,7)3(10)5(2,8)9/h1-2H3. The lowest BCUT2D eigenvalue weighted by Crippen LogP contribution is -2.38. The predicted octanol–water partition coefficient (Wildman–Crippen LogP) is 1.87. The molecule has 0 aliphatic heterocycles. The summed E-state index contributed by atoms with van der Waals surface area (Å²) in [6.45, 7) is 0.291. The first kappa shape index (κ1) is 9.39. The number of halogens is 4. The van der Waals surface area contributed by atoms with Crippen LogP contribution in [-0.4, -0.2) is 17.6 Å². The molecule has 0 unspecified atom stereocenters. The Labute approximate surface area is 55.0 Å². The van der Waals surface area contributed by atoms with Gasteiger partial charge in [-0.2, -0.15) is 17.6 Å². The fourth-order valence-corrected chi connectivity index (χ4v) is 0.385. The average Bonchev–Trinajstić information content (AvgIpc) is 1.59. The van der Waals surface area contributed by atoms with Crippen LogP contribution in [-0.2, 0) is 4.79 Å². The van der Waals surface area contributed by atoms with E-state index < -0.39 is 17.6 Å². The Balaban J connectivity index is 4.40. The first-order valence-electron chi connectivity index (χ1n) is 2.46. The Morgan fingerprint density at radius 2 is 1.20 bits per heavy atom. The molecule has 0 radical (unpaired) electrons. The quantitative estimate of drug-likeness (QED) is 0.560. The van der Waals surface area contributed by atoms with Crippen molar-refractivity contribution in [3.05, 3.63) is 0 Å². The van der Waals surface area contributed by atoms with Crippen LogP contribution in [0.25, 0.3) is 0 Å². The maximum atomic E-state index is 11.8. The lowest BCUT2D eigenvalue weighted by atomic mass is 10.1. The molecule has 0 saturated heterocycles. The largest absolute Gasteiger partial charge is 0.308 e. The summed E-state index contributed by atoms with van der Waals surface area (Å²) < 4.78 is 47.1. The van der Waals surface area contributed by atoms with Crippen LogP contribution in [0.15, 0.2) is 0 Å². The first-order chi connectivity index (χ1) is 4.15. The zero-order valence-corrected chi connectivity index (χ0v) is 5.42. The molecule has 0 aromatic heterocycles. The summed E-state index contributed by atoms with van der Waals surface area (Å²) in [6.07, 6.45) is 0. The minimum Gasteiger partial charge on any atom is -0.286 e. The molecule has 60 valence electrons. The van der Waals surface area contributed by atoms with Crippen molar-refractivity contribution in [1.29, 1.82) is 0 Å². The summed E-state index contributed by atoms with van der Waals surface area (Å²) in [6, 6.07) is 0. The van der Waals surface area contributed by atoms with Gasteiger partial charge < -0.3 is 0 Å². The fraction of sp³-hybridized carbons (Fsp3) is 0.800. The van der Waals surface area contributed by atoms with Crippen LogP contribution in [0, 0.1) is 0 Å². The van der Waals surface area contributed by atoms with Crippen LogP contribution in [0.2, 0.25) is 0 Å². The Hall–Kier alpha value is -0.610. The Kier molecular flexibility index (Phi) is 2.08. The van der Waals surface area contributed by atoms with Crippen LogP contribution < -0.4 is 0 Å². The zero-order valence-electron chi connectivity index (χ0n) is 5.42. The number of Topliss-reactive ketones (excluding diaryl/α,β-unsaturated/α-hetero) is 1. The van der Waals surface area contributed by atoms with Crippen LogP contribution >= 0.6 is 0 Å². The summed E-state index contributed by atoms with van der Waals surface area (Å²) in [4.78, 5) is 9.99. The van der Waals surface area contributed by atoms with Gasteiger partial charge in [0.25, 0.3) is 5.78 Å². The van der Waals surface area contributed by atoms with Crippen molar-refractivity contribution in [2.24, 2.45) is 0 Å². The van der Waals surface area contributed by atoms with Crippen LogP contribution in [0.4, 0.5) is 17.6 Å². The summed E-state index contributed by atoms with van der Waals surface area (Å²) >= 11 is 0. The van der Waals surface area contributed by atoms with Crippen LogP contribution in [0.3, 0.4) is 0 Å². The maximum Gasteiger partial charge on any atom is 0.308 e. The second-order valence-corrected chi connectivity index (χ2v) is 2.11. The fourth-order valence-electron chi connectivity index (χ4n) is 0.385. The van der Waals surface area contributed by atoms with Gasteiger partial charge in [-0.25, -0.2) is 0 Å². The van der Waals surface area contributed by atoms with Gasteiger partial charge in [-0.3, -0.25) is 4.79 Å². The van der Waals surface area contributed by atoms with Gasteiger partial charge in [-0.1, -0.05) is 0 Å². The van der Waals surface area contributed by atoms with E-state index in [0.29, 0.717) is 0 Å². The highest BCUT2D eigenvalue weighted by atomic mass is 19.3. The summed E-state index contributed by atoms with van der Waals surface area (Å²) in [7, 11) is 0. The van der Waals surface area contributed by atoms with Crippen molar-refractivity contribution >= 4 is 5.78 Å². The molecule has 0 amide bonds. The van der Waals surface area contributed by atoms with Gasteiger partial charge in [0.15, 0.2) is 0 Å². The molecule has 0 fully saturated rings. The molecule has 0 heterocycles. The van der Waals surface area contributed by atoms with Gasteiger partial charge in [0, 0.05) is 13.8 Å². The van der Waals surface area contributed by atoms with E-state index in [1.807, 2.05) is 0 Å². The molecule has 0 bridgehead atoms. The first-order valence-corrected chi connectivity index (χ1v) is 2.46. The molecule has 0 saturated carbocycles. The molecule has 5 heteroatoms. The van der Waals surface area contributed by atoms with Gasteiger partial charge in [0.2, 0.25) is 0 Å². The minimum absolute atomic E-state index is 0.146. The Bertz CT molecular complexity index is 125. The highest BCUT2D eigenvalue weighted by Gasteiger charge is 2.47. The van der Waals surface area contributed by atoms with Gasteiger partial charge >= 0.3 is 11.8 Å². The third-order valence-electron chi connectivity index (χ3n) is 0.797. The molecule has 0 N–H and O–H groups in total. The van der Waals surface area contributed by atoms with Crippen molar-refractivity contribution < 1.29 is 22.4 Å². The highest BCUT2D eigenvalue weighted by Crippen LogP contribution is 2.24. The van der Waals surface area contributed by atoms with E-state index in [4.69, 9.17) is 0 Å². The number of ketones is 1. The summed E-state index contributed by atoms with van der Waals surface area (Å²) in [5.41, 5.74) is 0. The van der Waals surface area contributed by atoms with Crippen LogP contribution in [0.1, 0.15) is 13.8 Å². The third-order valence-corrected chi connectivity index (χ3v) is 0.797. The van der Waals surface area contributed by atoms with Gasteiger partial charge in [-0.15, -0.1) is 0 Å². The smallest absolute Gasteiger partial charge is 0.286 e. The zero-order chi connectivity index (χ0) is 8.58. The molecule has 0 aliphatic carbocycles. The lowest BCUT2D eigenvalue weighted by Gasteiger charge is -2.13. The summed E-state index contributed by atoms with van der Waals surface area (Å²) in [5.74, 6) is -10.2. The van der Waals surface area contributed by atoms with Crippen molar-refractivity contribution in [2.45, 2.75) is 25.7 Å². The van der Waals surface area contributed by atoms with E-state index >= 15 is 0 Å². The monoisotopic (exact) mass is 158 g/mol. The highest BCUT2D eigenvalue weighted by molar-refractivity contribution is 5.91. The second-order valence-electron chi connectivity index (χ2n) is 2.11. The number of carbonyl (C=O) groups excluding carboxylic acids is 1. The second kappa shape index (κ2) is 2.21. The van der Waals surface area contributed by atoms with Gasteiger partial charge in [0.1, 0.15) is 0 Å². The number of hydrogen-bond acceptors (Lipinski definition) is 1. The third kappa shape index (κ3) is 2.33. The summed E-state index contributed by atoms with van der Waals surface area (Å²) in [5, 5.41) is 0. The number of rotatable bonds is 2. The SMILES string of the molecule is CC(F)(F)C(=O)C(C)(F)F. The topological polar surface area (TPSA) is 17.1 Å². The van der Waals surface area contributed by atoms with E-state index in [2.05, 4.69) is 0 Å². The molecule has 0 aliphatic rings. The molecule has 10 heavy (non-hydrogen) atoms. The maximum absolute atomic E-state index is 11.8. The average molecular weight is 158 g/mol. The van der Waals surface area contributed by atoms with Crippen molar-refractivity contribution in [3.8, 4) is 0 Å². The molecule has 1 nitrogen and oxygen atoms in total. The minimum atomic E-state index is -3.95. The van der Waals surface area contributed by atoms with Crippen molar-refractivity contribution in [3.63, 3.8) is 0 Å². The van der Waals surface area contributed by atoms with Gasteiger partial charge in [-0.05, 0) is 0 Å². The van der Waals surface area contributed by atoms with E-state index in [1.54, 1.807) is 0 Å². The Morgan fingerprint density at radius 3 is 1.20 bits per heavy atom. The van der Waals surface area contributed by atoms with Crippen molar-refractivity contribution in [2.75, 3.05) is 0 Å². The van der Waals surface area contributed by atoms with E-state index in [0.717, 1.165) is 0 Å². The molecule has 0 aromatic rings. The number of alkyl halides is 4. The molecule has 0 aromatic carbocycles. The van der Waals surface area contributed by atoms with Crippen LogP contribution in [0.5, 0.6) is 0 Å². The number of carbonyl (C=O) groups is 1. The molecular weight excluding hydrogens is 152 g/mol. The molecule has 0 atom stereocenters.